The van der Waals surface area contributed by atoms with Crippen LogP contribution in [0.4, 0.5) is 10.1 Å². The molecule has 0 atom stereocenters. The Morgan fingerprint density at radius 1 is 1.09 bits per heavy atom. The first-order valence-electron chi connectivity index (χ1n) is 12.6. The van der Waals surface area contributed by atoms with E-state index in [9.17, 15) is 9.59 Å². The molecule has 182 valence electrons. The molecule has 0 unspecified atom stereocenters. The number of fused-ring (bicyclic) bond motifs is 3. The number of aldehydes is 1. The second-order valence-corrected chi connectivity index (χ2v) is 10.2. The number of hydrogen-bond acceptors (Lipinski definition) is 5. The van der Waals surface area contributed by atoms with E-state index >= 15 is 4.39 Å². The molecule has 2 saturated carbocycles. The summed E-state index contributed by atoms with van der Waals surface area (Å²) in [5.41, 5.74) is 9.63. The molecule has 2 aromatic rings. The van der Waals surface area contributed by atoms with Crippen LogP contribution in [0.5, 0.6) is 0 Å². The van der Waals surface area contributed by atoms with E-state index < -0.39 is 5.82 Å². The molecular weight excluding hydrogens is 433 g/mol. The highest BCUT2D eigenvalue weighted by atomic mass is 19.1. The molecule has 0 amide bonds. The fraction of sp³-hybridized carbons (Fsp3) is 0.556. The van der Waals surface area contributed by atoms with Crippen molar-refractivity contribution in [3.63, 3.8) is 0 Å². The minimum absolute atomic E-state index is 0.0687. The average Bonchev–Trinajstić information content (AvgIpc) is 3.40. The Morgan fingerprint density at radius 3 is 2.53 bits per heavy atom. The first-order chi connectivity index (χ1) is 16.6. The van der Waals surface area contributed by atoms with Crippen LogP contribution >= 0.6 is 0 Å². The molecule has 0 saturated heterocycles. The summed E-state index contributed by atoms with van der Waals surface area (Å²) in [5.74, 6) is -0.316. The van der Waals surface area contributed by atoms with Gasteiger partial charge in [0, 0.05) is 35.0 Å². The van der Waals surface area contributed by atoms with Crippen LogP contribution in [0.2, 0.25) is 0 Å². The number of anilines is 1. The molecule has 2 heterocycles. The monoisotopic (exact) mass is 467 g/mol. The zero-order valence-electron chi connectivity index (χ0n) is 19.9. The number of carbonyl (C=O) groups is 2. The normalized spacial score (nSPS) is 20.7. The summed E-state index contributed by atoms with van der Waals surface area (Å²) in [5, 5.41) is 3.46. The van der Waals surface area contributed by atoms with Crippen LogP contribution in [0.25, 0.3) is 5.69 Å². The molecule has 2 fully saturated rings. The summed E-state index contributed by atoms with van der Waals surface area (Å²) in [7, 11) is 1.50. The predicted molar refractivity (Wildman–Crippen MR) is 129 cm³/mol. The molecule has 3 N–H and O–H groups in total. The molecular formula is C27H34FN3O3. The van der Waals surface area contributed by atoms with Crippen LogP contribution in [0, 0.1) is 11.2 Å². The smallest absolute Gasteiger partial charge is 0.165 e. The maximum absolute atomic E-state index is 15.2. The van der Waals surface area contributed by atoms with Gasteiger partial charge >= 0.3 is 0 Å². The number of halogens is 1. The van der Waals surface area contributed by atoms with Crippen LogP contribution in [0.15, 0.2) is 12.1 Å². The second kappa shape index (κ2) is 9.27. The SMILES string of the molecule is CN.O=Cc1c(F)cc(-n2c3c(c4c2CC2(CCC2)CC4=O)COC3)cc1NC1CCCCC1. The lowest BCUT2D eigenvalue weighted by Gasteiger charge is -2.44. The summed E-state index contributed by atoms with van der Waals surface area (Å²) >= 11 is 0. The summed E-state index contributed by atoms with van der Waals surface area (Å²) in [6.45, 7) is 0.858. The number of rotatable bonds is 4. The molecule has 4 aliphatic rings. The Hall–Kier alpha value is -2.51. The molecule has 0 bridgehead atoms. The van der Waals surface area contributed by atoms with Crippen molar-refractivity contribution in [2.75, 3.05) is 12.4 Å². The van der Waals surface area contributed by atoms with Gasteiger partial charge in [0.1, 0.15) is 5.82 Å². The fourth-order valence-corrected chi connectivity index (χ4v) is 6.41. The maximum atomic E-state index is 15.2. The van der Waals surface area contributed by atoms with Gasteiger partial charge in [0.05, 0.1) is 30.2 Å². The number of nitrogens with two attached hydrogens (primary N) is 1. The molecule has 6 rings (SSSR count). The van der Waals surface area contributed by atoms with E-state index in [-0.39, 0.29) is 22.8 Å². The summed E-state index contributed by atoms with van der Waals surface area (Å²) in [4.78, 5) is 24.9. The maximum Gasteiger partial charge on any atom is 0.165 e. The van der Waals surface area contributed by atoms with E-state index in [1.165, 1.54) is 26.0 Å². The van der Waals surface area contributed by atoms with Crippen molar-refractivity contribution in [2.24, 2.45) is 11.1 Å². The van der Waals surface area contributed by atoms with Gasteiger partial charge in [0.2, 0.25) is 0 Å². The quantitative estimate of drug-likeness (QED) is 0.613. The summed E-state index contributed by atoms with van der Waals surface area (Å²) in [6, 6.07) is 3.60. The molecule has 1 aromatic carbocycles. The standard InChI is InChI=1S/C26H29FN2O3.CH5N/c27-20-9-17(10-21(18(20)13-30)28-16-5-2-1-3-6-16)29-22-11-26(7-4-8-26)12-24(31)25(22)19-14-32-15-23(19)29;1-2/h9-10,13,16,28H,1-8,11-12,14-15H2;2H2,1H3. The zero-order valence-corrected chi connectivity index (χ0v) is 19.9. The lowest BCUT2D eigenvalue weighted by molar-refractivity contribution is 0.0694. The van der Waals surface area contributed by atoms with Crippen LogP contribution in [-0.2, 0) is 24.4 Å². The minimum Gasteiger partial charge on any atom is -0.382 e. The van der Waals surface area contributed by atoms with Gasteiger partial charge in [-0.05, 0) is 56.7 Å². The number of carbonyl (C=O) groups excluding carboxylic acids is 2. The van der Waals surface area contributed by atoms with E-state index in [2.05, 4.69) is 15.6 Å². The highest BCUT2D eigenvalue weighted by Gasteiger charge is 2.46. The van der Waals surface area contributed by atoms with E-state index in [0.717, 1.165) is 67.5 Å². The highest BCUT2D eigenvalue weighted by Crippen LogP contribution is 2.52. The molecule has 7 heteroatoms. The highest BCUT2D eigenvalue weighted by molar-refractivity contribution is 6.01. The number of Topliss-reactive ketones (excluding diaryl/α,β-unsaturated/α-hetero) is 1. The second-order valence-electron chi connectivity index (χ2n) is 10.2. The molecule has 6 nitrogen and oxygen atoms in total. The van der Waals surface area contributed by atoms with Crippen molar-refractivity contribution in [1.29, 1.82) is 0 Å². The van der Waals surface area contributed by atoms with Crippen molar-refractivity contribution in [1.82, 2.24) is 4.57 Å². The first-order valence-corrected chi connectivity index (χ1v) is 12.6. The van der Waals surface area contributed by atoms with Crippen molar-refractivity contribution in [3.05, 3.63) is 46.0 Å². The van der Waals surface area contributed by atoms with Gasteiger partial charge in [-0.3, -0.25) is 9.59 Å². The van der Waals surface area contributed by atoms with Gasteiger partial charge in [-0.15, -0.1) is 0 Å². The van der Waals surface area contributed by atoms with Crippen molar-refractivity contribution in [2.45, 2.75) is 83.5 Å². The molecule has 3 aliphatic carbocycles. The number of ether oxygens (including phenoxy) is 1. The van der Waals surface area contributed by atoms with Gasteiger partial charge in [-0.1, -0.05) is 25.7 Å². The molecule has 1 aliphatic heterocycles. The van der Waals surface area contributed by atoms with E-state index in [1.807, 2.05) is 6.07 Å². The fourth-order valence-electron chi connectivity index (χ4n) is 6.41. The van der Waals surface area contributed by atoms with Gasteiger partial charge in [0.25, 0.3) is 0 Å². The number of ketones is 1. The van der Waals surface area contributed by atoms with Crippen LogP contribution in [0.1, 0.15) is 95.5 Å². The van der Waals surface area contributed by atoms with Crippen LogP contribution in [-0.4, -0.2) is 29.7 Å². The van der Waals surface area contributed by atoms with Crippen LogP contribution < -0.4 is 11.1 Å². The minimum atomic E-state index is -0.522. The number of hydrogen-bond donors (Lipinski definition) is 2. The van der Waals surface area contributed by atoms with Gasteiger partial charge in [-0.25, -0.2) is 4.39 Å². The Kier molecular flexibility index (Phi) is 6.34. The largest absolute Gasteiger partial charge is 0.382 e. The van der Waals surface area contributed by atoms with E-state index in [1.54, 1.807) is 0 Å². The Balaban J connectivity index is 0.00000117. The van der Waals surface area contributed by atoms with Crippen molar-refractivity contribution in [3.8, 4) is 5.69 Å². The lowest BCUT2D eigenvalue weighted by atomic mass is 9.60. The van der Waals surface area contributed by atoms with Gasteiger partial charge < -0.3 is 20.4 Å². The number of nitrogens with one attached hydrogen (secondary N) is 1. The van der Waals surface area contributed by atoms with E-state index in [4.69, 9.17) is 4.74 Å². The zero-order chi connectivity index (χ0) is 23.9. The third kappa shape index (κ3) is 3.79. The topological polar surface area (TPSA) is 86.4 Å². The third-order valence-electron chi connectivity index (χ3n) is 8.19. The number of benzene rings is 1. The van der Waals surface area contributed by atoms with Crippen LogP contribution in [0.3, 0.4) is 0 Å². The first kappa shape index (κ1) is 23.2. The van der Waals surface area contributed by atoms with Gasteiger partial charge in [0.15, 0.2) is 12.1 Å². The lowest BCUT2D eigenvalue weighted by Crippen LogP contribution is -2.39. The Bertz CT molecular complexity index is 1110. The number of nitrogens with zero attached hydrogens (tertiary/aromatic N) is 1. The molecule has 1 spiro atoms. The van der Waals surface area contributed by atoms with Crippen molar-refractivity contribution >= 4 is 17.8 Å². The van der Waals surface area contributed by atoms with Crippen molar-refractivity contribution < 1.29 is 18.7 Å². The summed E-state index contributed by atoms with van der Waals surface area (Å²) < 4.78 is 22.9. The molecule has 34 heavy (non-hydrogen) atoms. The molecule has 1 aromatic heterocycles. The Morgan fingerprint density at radius 2 is 1.85 bits per heavy atom. The average molecular weight is 468 g/mol. The number of aromatic nitrogens is 1. The molecule has 0 radical (unpaired) electrons. The predicted octanol–water partition coefficient (Wildman–Crippen LogP) is 5.08. The third-order valence-corrected chi connectivity index (χ3v) is 8.19. The van der Waals surface area contributed by atoms with E-state index in [0.29, 0.717) is 37.3 Å². The Labute approximate surface area is 200 Å². The summed E-state index contributed by atoms with van der Waals surface area (Å²) in [6.07, 6.45) is 11.0. The van der Waals surface area contributed by atoms with Gasteiger partial charge in [-0.2, -0.15) is 0 Å².